The number of carbonyl (C=O) groups is 10. The number of hydrogen-bond acceptors (Lipinski definition) is 32. The van der Waals surface area contributed by atoms with Gasteiger partial charge in [-0.25, -0.2) is 87.4 Å². The zero-order chi connectivity index (χ0) is 107. The minimum atomic E-state index is -1.52. The largest absolute Gasteiger partial charge is 1.00 e. The van der Waals surface area contributed by atoms with Crippen molar-refractivity contribution >= 4 is 226 Å². The fraction of sp³-hybridized carbons (Fsp3) is 0.365. The fourth-order valence-corrected chi connectivity index (χ4v) is 13.2. The van der Waals surface area contributed by atoms with E-state index in [2.05, 4.69) is 115 Å². The summed E-state index contributed by atoms with van der Waals surface area (Å²) < 4.78 is 73.4. The molecule has 1 aliphatic rings. The van der Waals surface area contributed by atoms with Gasteiger partial charge < -0.3 is 68.8 Å². The number of imidazole rings is 5. The summed E-state index contributed by atoms with van der Waals surface area (Å²) in [6, 6.07) is 14.5. The Balaban J connectivity index is 0. The Hall–Kier alpha value is -7.62. The van der Waals surface area contributed by atoms with Crippen LogP contribution in [0.4, 0.5) is 14.0 Å². The molecule has 1 aliphatic heterocycles. The number of Topliss-reactive ketones (excluding diaryl/α,β-unsaturated/α-hetero) is 1. The number of carbonyl (C=O) groups excluding carboxylic acids is 10. The number of rotatable bonds is 20. The number of ether oxygens (including phenoxy) is 8. The number of alkyl halides is 1. The molecule has 141 heavy (non-hydrogen) atoms. The van der Waals surface area contributed by atoms with Gasteiger partial charge in [0.2, 0.25) is 33.8 Å². The molecule has 0 atom stereocenters. The molecule has 56 heteroatoms. The van der Waals surface area contributed by atoms with Crippen molar-refractivity contribution in [1.29, 1.82) is 0 Å². The van der Waals surface area contributed by atoms with Crippen molar-refractivity contribution in [2.75, 3.05) is 57.7 Å². The molecule has 1 fully saturated rings. The quantitative estimate of drug-likeness (QED) is 0.00603. The van der Waals surface area contributed by atoms with Gasteiger partial charge in [-0.1, -0.05) is 94.1 Å². The Morgan fingerprint density at radius 2 is 0.908 bits per heavy atom. The first-order valence-electron chi connectivity index (χ1n) is 41.3. The summed E-state index contributed by atoms with van der Waals surface area (Å²) in [4.78, 5) is 159. The molecule has 0 radical (unpaired) electrons. The summed E-state index contributed by atoms with van der Waals surface area (Å²) in [5.41, 5.74) is 6.51. The van der Waals surface area contributed by atoms with Gasteiger partial charge in [0.25, 0.3) is 6.47 Å². The number of halogens is 11. The van der Waals surface area contributed by atoms with Gasteiger partial charge in [-0.3, -0.25) is 43.4 Å². The zero-order valence-electron chi connectivity index (χ0n) is 82.5. The van der Waals surface area contributed by atoms with Gasteiger partial charge in [0, 0.05) is 62.0 Å². The molecule has 1 saturated heterocycles. The molecule has 2 amide bonds. The molecular weight excluding hydrogens is 2250 g/mol. The summed E-state index contributed by atoms with van der Waals surface area (Å²) >= 11 is 51.0. The second kappa shape index (κ2) is 64.4. The third kappa shape index (κ3) is 43.1. The van der Waals surface area contributed by atoms with Gasteiger partial charge in [-0.15, -0.1) is 6.58 Å². The molecule has 3 aromatic carbocycles. The van der Waals surface area contributed by atoms with E-state index in [-0.39, 0.29) is 213 Å². The van der Waals surface area contributed by atoms with Crippen molar-refractivity contribution in [2.45, 2.75) is 161 Å². The van der Waals surface area contributed by atoms with Crippen LogP contribution in [0.5, 0.6) is 0 Å². The Morgan fingerprint density at radius 1 is 0.553 bits per heavy atom. The van der Waals surface area contributed by atoms with E-state index >= 15 is 0 Å². The van der Waals surface area contributed by atoms with Crippen LogP contribution in [0, 0.1) is 0 Å². The first-order valence-corrected chi connectivity index (χ1v) is 45.3. The number of nitrogens with one attached hydrogen (secondary N) is 4. The van der Waals surface area contributed by atoms with Gasteiger partial charge >= 0.3 is 165 Å². The maximum Gasteiger partial charge on any atom is 1.00 e. The van der Waals surface area contributed by atoms with Crippen molar-refractivity contribution in [1.82, 2.24) is 63.1 Å². The molecule has 0 spiro atoms. The average molecular weight is 2360 g/mol. The van der Waals surface area contributed by atoms with Crippen LogP contribution in [0.3, 0.4) is 0 Å². The maximum atomic E-state index is 12.4. The molecular formula is C85H102B2Br3Cl7FK2N15O26. The van der Waals surface area contributed by atoms with E-state index in [1.807, 2.05) is 34.6 Å². The fourth-order valence-electron chi connectivity index (χ4n) is 10.3. The van der Waals surface area contributed by atoms with Gasteiger partial charge in [0.05, 0.1) is 107 Å². The average Bonchev–Trinajstić information content (AvgIpc) is 1.64. The monoisotopic (exact) mass is 2350 g/mol. The van der Waals surface area contributed by atoms with Crippen LogP contribution in [0.15, 0.2) is 140 Å². The van der Waals surface area contributed by atoms with Crippen LogP contribution in [0.2, 0.25) is 35.2 Å². The number of allylic oxidation sites excluding steroid dienone is 1. The first kappa shape index (κ1) is 131. The second-order valence-corrected chi connectivity index (χ2v) is 35.2. The van der Waals surface area contributed by atoms with Crippen LogP contribution < -0.4 is 135 Å². The zero-order valence-corrected chi connectivity index (χ0v) is 96.8. The van der Waals surface area contributed by atoms with E-state index in [4.69, 9.17) is 145 Å². The van der Waals surface area contributed by atoms with Crippen molar-refractivity contribution in [3.63, 3.8) is 0 Å². The molecule has 41 nitrogen and oxygen atoms in total. The Labute approximate surface area is 958 Å². The number of hydrogen-bond donors (Lipinski definition) is 6. The molecule has 12 rings (SSSR count). The number of benzene rings is 3. The number of aromatic amines is 2. The van der Waals surface area contributed by atoms with Crippen LogP contribution in [-0.2, 0) is 66.5 Å². The maximum absolute atomic E-state index is 12.4. The van der Waals surface area contributed by atoms with Crippen molar-refractivity contribution in [3.05, 3.63) is 214 Å². The molecule has 0 bridgehead atoms. The number of fused-ring (bicyclic) bond motifs is 3. The van der Waals surface area contributed by atoms with Gasteiger partial charge in [0.1, 0.15) is 53.1 Å². The molecule has 6 N–H and O–H groups in total. The van der Waals surface area contributed by atoms with Crippen LogP contribution in [-0.4, -0.2) is 217 Å². The number of nitrogens with zero attached hydrogens (tertiary/aromatic N) is 11. The standard InChI is InChI=1S/C15H10Cl3N3O2.C15H11Cl2N3O3.C13H18BrN3O5.C11H16BrN3O4.C9H17BO2.C9H8BrN3O3.C6H5BCl2O2.C4H8O2.CH3F.CH2O3.CH4.2K.H/c1-2-23-15(22)11-6-20-21-12(7-19-14(21)13(11)18)8-3-9(16)5-10(17)4-8;1-2-23-15(22)11-6-19-20-12(7-18-14(20)13(11)21)8-3-9(16)5-10(17)4-8;1-5-21-10(19)6-8(18)11-15-7-9(14)17(11)16-12(20)22-13(2,3)4;1-5-18-9(16)8-13-6-7(12)15(8)14-10(17)19-11(2,3)4;1-7(2)10-11-8(3,4)9(5,6)12-10;1-2-16-9(15)5-3-12-13-6(10)4-11-8(13)7(5)14;8-5-1-4(7(10)11)2-6(9)3-5;1-3-6-4(2)5;1-2;2-1-4-3;;;;/h3-7H,2H2,1H3;3-7,19H,2H2,1H3;7H,5-6H2,1-4H3,(H,16,20);6H,5H2,1-4H3,(H,14,17);1H2,2-6H3;3-4,12H,2H2,1H3;1-3,10-11H;3H2,1-2H3;1H3;1,3H;1H4;;;/q;;;;;;;;;;;2*+1;-1/p-1/i;;;;;;;;;;1D;;;. The number of esters is 6. The van der Waals surface area contributed by atoms with Gasteiger partial charge in [-0.05, 0) is 226 Å². The number of aromatic nitrogens is 13. The SMILES string of the molecule is C=C(C)B1OC(C)(C)C(C)(C)O1.CCOC(=O)CC(=O)c1ncc(Br)n1NC(=O)OC(C)(C)C.CCOC(=O)c1c[nH]n2c(-c3cc(Cl)cc(Cl)c3)cnc2c1=O.CCOC(=O)c1c[nH]n2c(Br)cnc2c1=O.CCOC(=O)c1cnn2c(-c3cc(Cl)cc(Cl)c3)cnc2c1Cl.CCOC(=O)c1ncc(Br)n1NC(=O)OC(C)(C)C.CCOC(C)=O.CF.O=CO[O-].OB(O)c1cc(Cl)cc(Cl)c1.[2H]C.[H-].[K+].[K+]. The smallest absolute Gasteiger partial charge is 1.00 e. The van der Waals surface area contributed by atoms with E-state index < -0.39 is 83.4 Å². The predicted molar refractivity (Wildman–Crippen MR) is 530 cm³/mol. The Morgan fingerprint density at radius 3 is 1.29 bits per heavy atom. The topological polar surface area (TPSA) is 526 Å². The number of ketones is 1. The van der Waals surface area contributed by atoms with E-state index in [1.54, 1.807) is 126 Å². The van der Waals surface area contributed by atoms with E-state index in [0.29, 0.717) is 85.8 Å². The minimum absolute atomic E-state index is 0. The molecule has 8 aromatic heterocycles. The normalized spacial score (nSPS) is 11.5. The summed E-state index contributed by atoms with van der Waals surface area (Å²) in [6.45, 7) is 37.2. The van der Waals surface area contributed by atoms with Crippen LogP contribution >= 0.6 is 129 Å². The third-order valence-electron chi connectivity index (χ3n) is 16.5. The van der Waals surface area contributed by atoms with Crippen molar-refractivity contribution in [2.24, 2.45) is 0 Å². The molecule has 11 aromatic rings. The summed E-state index contributed by atoms with van der Waals surface area (Å²) in [6.07, 6.45) is 9.31. The van der Waals surface area contributed by atoms with E-state index in [0.717, 1.165) is 20.4 Å². The third-order valence-corrected chi connectivity index (χ3v) is 19.9. The summed E-state index contributed by atoms with van der Waals surface area (Å²) in [5.74, 6) is -4.11. The Kier molecular flexibility index (Phi) is 60.0. The van der Waals surface area contributed by atoms with Crippen molar-refractivity contribution < 1.29 is 225 Å². The number of H-pyrrole nitrogens is 2. The van der Waals surface area contributed by atoms with Gasteiger partial charge in [0.15, 0.2) is 11.5 Å². The van der Waals surface area contributed by atoms with E-state index in [1.165, 1.54) is 89.4 Å². The first-order chi connectivity index (χ1) is 65.6. The van der Waals surface area contributed by atoms with E-state index in [9.17, 15) is 57.1 Å². The molecule has 0 saturated carbocycles. The summed E-state index contributed by atoms with van der Waals surface area (Å²) in [5, 5.41) is 38.6. The molecule has 9 heterocycles. The predicted octanol–water partition coefficient (Wildman–Crippen LogP) is 10.4. The summed E-state index contributed by atoms with van der Waals surface area (Å²) in [7, 11) is -0.0128. The van der Waals surface area contributed by atoms with Crippen LogP contribution in [0.1, 0.15) is 194 Å². The Bertz CT molecular complexity index is 6140. The van der Waals surface area contributed by atoms with Gasteiger partial charge in [-0.2, -0.15) is 5.10 Å². The van der Waals surface area contributed by atoms with Crippen molar-refractivity contribution in [3.8, 4) is 22.5 Å². The molecule has 758 valence electrons. The minimum Gasteiger partial charge on any atom is -1.00 e. The number of amides is 2. The molecule has 0 aliphatic carbocycles. The van der Waals surface area contributed by atoms with Crippen LogP contribution in [0.25, 0.3) is 39.5 Å². The molecule has 0 unspecified atom stereocenters. The second-order valence-electron chi connectivity index (χ2n) is 29.8.